The number of hydrogen-bond donors (Lipinski definition) is 0. The monoisotopic (exact) mass is 313 g/mol. The summed E-state index contributed by atoms with van der Waals surface area (Å²) in [7, 11) is 0. The van der Waals surface area contributed by atoms with Gasteiger partial charge < -0.3 is 9.32 Å². The predicted octanol–water partition coefficient (Wildman–Crippen LogP) is 3.38. The quantitative estimate of drug-likeness (QED) is 0.868. The lowest BCUT2D eigenvalue weighted by molar-refractivity contribution is -0.131. The van der Waals surface area contributed by atoms with Crippen LogP contribution in [0.25, 0.3) is 11.5 Å². The molecule has 1 aromatic heterocycles. The summed E-state index contributed by atoms with van der Waals surface area (Å²) in [5.74, 6) is 1.26. The first-order valence-corrected chi connectivity index (χ1v) is 8.40. The smallest absolute Gasteiger partial charge is 0.247 e. The fourth-order valence-corrected chi connectivity index (χ4v) is 2.97. The van der Waals surface area contributed by atoms with Crippen LogP contribution in [0.2, 0.25) is 0 Å². The number of amides is 1. The number of carbonyl (C=O) groups is 1. The molecular formula is C18H23N3O2. The van der Waals surface area contributed by atoms with Gasteiger partial charge in [-0.1, -0.05) is 31.0 Å². The minimum Gasteiger partial charge on any atom is -0.421 e. The molecule has 0 saturated carbocycles. The molecule has 5 nitrogen and oxygen atoms in total. The van der Waals surface area contributed by atoms with Crippen molar-refractivity contribution in [3.63, 3.8) is 0 Å². The maximum atomic E-state index is 12.3. The van der Waals surface area contributed by atoms with Gasteiger partial charge in [-0.15, -0.1) is 10.2 Å². The van der Waals surface area contributed by atoms with E-state index >= 15 is 0 Å². The molecule has 0 radical (unpaired) electrons. The molecule has 0 bridgehead atoms. The highest BCUT2D eigenvalue weighted by Gasteiger charge is 2.17. The Kier molecular flexibility index (Phi) is 5.05. The van der Waals surface area contributed by atoms with E-state index < -0.39 is 0 Å². The van der Waals surface area contributed by atoms with E-state index in [2.05, 4.69) is 10.2 Å². The van der Waals surface area contributed by atoms with E-state index in [1.807, 2.05) is 36.1 Å². The van der Waals surface area contributed by atoms with Gasteiger partial charge in [0, 0.05) is 31.5 Å². The maximum Gasteiger partial charge on any atom is 0.247 e. The molecule has 1 aliphatic heterocycles. The van der Waals surface area contributed by atoms with E-state index in [-0.39, 0.29) is 5.91 Å². The molecule has 23 heavy (non-hydrogen) atoms. The molecule has 2 aromatic rings. The summed E-state index contributed by atoms with van der Waals surface area (Å²) < 4.78 is 5.72. The lowest BCUT2D eigenvalue weighted by Crippen LogP contribution is -2.31. The average molecular weight is 313 g/mol. The number of rotatable bonds is 4. The van der Waals surface area contributed by atoms with Crippen molar-refractivity contribution >= 4 is 5.91 Å². The Bertz CT molecular complexity index is 658. The summed E-state index contributed by atoms with van der Waals surface area (Å²) in [4.78, 5) is 14.3. The highest BCUT2D eigenvalue weighted by Crippen LogP contribution is 2.22. The van der Waals surface area contributed by atoms with Gasteiger partial charge in [-0.2, -0.15) is 0 Å². The number of hydrogen-bond acceptors (Lipinski definition) is 4. The largest absolute Gasteiger partial charge is 0.421 e. The molecule has 1 aromatic carbocycles. The Morgan fingerprint density at radius 3 is 2.61 bits per heavy atom. The van der Waals surface area contributed by atoms with Crippen molar-refractivity contribution < 1.29 is 9.21 Å². The lowest BCUT2D eigenvalue weighted by atomic mass is 10.1. The van der Waals surface area contributed by atoms with Crippen LogP contribution in [-0.2, 0) is 11.2 Å². The lowest BCUT2D eigenvalue weighted by Gasteiger charge is -2.19. The van der Waals surface area contributed by atoms with Gasteiger partial charge >= 0.3 is 0 Å². The second kappa shape index (κ2) is 7.40. The maximum absolute atomic E-state index is 12.3. The van der Waals surface area contributed by atoms with Crippen LogP contribution < -0.4 is 0 Å². The van der Waals surface area contributed by atoms with E-state index in [0.717, 1.165) is 37.1 Å². The highest BCUT2D eigenvalue weighted by atomic mass is 16.4. The first-order valence-electron chi connectivity index (χ1n) is 8.40. The first kappa shape index (κ1) is 15.7. The molecule has 2 heterocycles. The zero-order chi connectivity index (χ0) is 16.1. The summed E-state index contributed by atoms with van der Waals surface area (Å²) in [5, 5.41) is 8.19. The third kappa shape index (κ3) is 3.97. The SMILES string of the molecule is Cc1ccccc1-c1nnc(CCC(=O)N2CCCCCC2)o1. The molecule has 1 fully saturated rings. The Morgan fingerprint density at radius 2 is 1.87 bits per heavy atom. The highest BCUT2D eigenvalue weighted by molar-refractivity contribution is 5.76. The van der Waals surface area contributed by atoms with E-state index in [1.54, 1.807) is 0 Å². The van der Waals surface area contributed by atoms with Crippen LogP contribution in [0.1, 0.15) is 43.6 Å². The van der Waals surface area contributed by atoms with Gasteiger partial charge in [-0.05, 0) is 31.4 Å². The van der Waals surface area contributed by atoms with Crippen molar-refractivity contribution in [3.05, 3.63) is 35.7 Å². The van der Waals surface area contributed by atoms with Crippen LogP contribution in [0, 0.1) is 6.92 Å². The van der Waals surface area contributed by atoms with Crippen molar-refractivity contribution in [1.29, 1.82) is 0 Å². The molecule has 0 unspecified atom stereocenters. The van der Waals surface area contributed by atoms with Crippen molar-refractivity contribution in [3.8, 4) is 11.5 Å². The van der Waals surface area contributed by atoms with Crippen LogP contribution in [0.3, 0.4) is 0 Å². The van der Waals surface area contributed by atoms with Crippen molar-refractivity contribution in [2.75, 3.05) is 13.1 Å². The third-order valence-electron chi connectivity index (χ3n) is 4.35. The normalized spacial score (nSPS) is 15.4. The summed E-state index contributed by atoms with van der Waals surface area (Å²) in [5.41, 5.74) is 2.05. The van der Waals surface area contributed by atoms with E-state index in [0.29, 0.717) is 24.6 Å². The summed E-state index contributed by atoms with van der Waals surface area (Å²) in [6.45, 7) is 3.79. The number of aromatic nitrogens is 2. The number of carbonyl (C=O) groups excluding carboxylic acids is 1. The summed E-state index contributed by atoms with van der Waals surface area (Å²) >= 11 is 0. The van der Waals surface area contributed by atoms with Crippen molar-refractivity contribution in [2.45, 2.75) is 45.4 Å². The number of benzene rings is 1. The van der Waals surface area contributed by atoms with Crippen LogP contribution in [0.15, 0.2) is 28.7 Å². The molecule has 1 amide bonds. The zero-order valence-corrected chi connectivity index (χ0v) is 13.6. The second-order valence-corrected chi connectivity index (χ2v) is 6.11. The third-order valence-corrected chi connectivity index (χ3v) is 4.35. The Morgan fingerprint density at radius 1 is 1.13 bits per heavy atom. The summed E-state index contributed by atoms with van der Waals surface area (Å²) in [6, 6.07) is 7.92. The Hall–Kier alpha value is -2.17. The standard InChI is InChI=1S/C18H23N3O2/c1-14-8-4-5-9-15(14)18-20-19-16(23-18)10-11-17(22)21-12-6-2-3-7-13-21/h4-5,8-9H,2-3,6-7,10-13H2,1H3. The molecule has 0 N–H and O–H groups in total. The fraction of sp³-hybridized carbons (Fsp3) is 0.500. The fourth-order valence-electron chi connectivity index (χ4n) is 2.97. The van der Waals surface area contributed by atoms with Gasteiger partial charge in [0.25, 0.3) is 0 Å². The topological polar surface area (TPSA) is 59.2 Å². The second-order valence-electron chi connectivity index (χ2n) is 6.11. The van der Waals surface area contributed by atoms with Gasteiger partial charge in [0.15, 0.2) is 0 Å². The van der Waals surface area contributed by atoms with Crippen molar-refractivity contribution in [2.24, 2.45) is 0 Å². The number of aryl methyl sites for hydroxylation is 2. The zero-order valence-electron chi connectivity index (χ0n) is 13.6. The van der Waals surface area contributed by atoms with Gasteiger partial charge in [-0.25, -0.2) is 0 Å². The first-order chi connectivity index (χ1) is 11.2. The molecule has 0 aliphatic carbocycles. The van der Waals surface area contributed by atoms with Gasteiger partial charge in [0.1, 0.15) is 0 Å². The predicted molar refractivity (Wildman–Crippen MR) is 87.8 cm³/mol. The molecular weight excluding hydrogens is 290 g/mol. The Balaban J connectivity index is 1.59. The molecule has 1 aliphatic rings. The molecule has 1 saturated heterocycles. The van der Waals surface area contributed by atoms with E-state index in [4.69, 9.17) is 4.42 Å². The molecule has 122 valence electrons. The van der Waals surface area contributed by atoms with Crippen LogP contribution >= 0.6 is 0 Å². The molecule has 3 rings (SSSR count). The van der Waals surface area contributed by atoms with Gasteiger partial charge in [-0.3, -0.25) is 4.79 Å². The Labute approximate surface area is 136 Å². The average Bonchev–Trinajstić information content (AvgIpc) is 2.86. The van der Waals surface area contributed by atoms with E-state index in [9.17, 15) is 4.79 Å². The number of likely N-dealkylation sites (tertiary alicyclic amines) is 1. The van der Waals surface area contributed by atoms with Crippen LogP contribution in [0.4, 0.5) is 0 Å². The molecule has 0 atom stereocenters. The van der Waals surface area contributed by atoms with Crippen LogP contribution in [-0.4, -0.2) is 34.1 Å². The number of nitrogens with zero attached hydrogens (tertiary/aromatic N) is 3. The molecule has 5 heteroatoms. The minimum absolute atomic E-state index is 0.197. The van der Waals surface area contributed by atoms with Gasteiger partial charge in [0.2, 0.25) is 17.7 Å². The van der Waals surface area contributed by atoms with E-state index in [1.165, 1.54) is 12.8 Å². The summed E-state index contributed by atoms with van der Waals surface area (Å²) in [6.07, 6.45) is 5.64. The molecule has 0 spiro atoms. The van der Waals surface area contributed by atoms with Crippen molar-refractivity contribution in [1.82, 2.24) is 15.1 Å². The minimum atomic E-state index is 0.197. The van der Waals surface area contributed by atoms with Crippen LogP contribution in [0.5, 0.6) is 0 Å². The van der Waals surface area contributed by atoms with Gasteiger partial charge in [0.05, 0.1) is 0 Å².